The van der Waals surface area contributed by atoms with Crippen LogP contribution in [0.4, 0.5) is 0 Å². The summed E-state index contributed by atoms with van der Waals surface area (Å²) in [6.45, 7) is 0.968. The quantitative estimate of drug-likeness (QED) is 0.685. The van der Waals surface area contributed by atoms with Crippen molar-refractivity contribution in [3.8, 4) is 0 Å². The van der Waals surface area contributed by atoms with Crippen molar-refractivity contribution in [1.82, 2.24) is 0 Å². The van der Waals surface area contributed by atoms with Gasteiger partial charge in [0, 0.05) is 0 Å². The third kappa shape index (κ3) is 6.26. The maximum Gasteiger partial charge on any atom is 0.111 e. The lowest BCUT2D eigenvalue weighted by molar-refractivity contribution is -0.161. The maximum atomic E-state index is 10.1. The van der Waals surface area contributed by atoms with Gasteiger partial charge in [0.2, 0.25) is 0 Å². The Morgan fingerprint density at radius 2 is 1.54 bits per heavy atom. The Balaban J connectivity index is 1.64. The van der Waals surface area contributed by atoms with E-state index in [0.717, 1.165) is 11.1 Å². The summed E-state index contributed by atoms with van der Waals surface area (Å²) < 4.78 is 18.0. The van der Waals surface area contributed by atoms with Gasteiger partial charge in [0.25, 0.3) is 0 Å². The van der Waals surface area contributed by atoms with E-state index in [-0.39, 0.29) is 12.7 Å². The number of hydrogen-bond donors (Lipinski definition) is 2. The molecule has 0 bridgehead atoms. The van der Waals surface area contributed by atoms with Crippen LogP contribution in [0.2, 0.25) is 0 Å². The fourth-order valence-electron chi connectivity index (χ4n) is 3.14. The van der Waals surface area contributed by atoms with E-state index >= 15 is 0 Å². The van der Waals surface area contributed by atoms with E-state index in [4.69, 9.17) is 14.2 Å². The van der Waals surface area contributed by atoms with Crippen molar-refractivity contribution in [2.75, 3.05) is 13.2 Å². The van der Waals surface area contributed by atoms with Crippen LogP contribution < -0.4 is 0 Å². The van der Waals surface area contributed by atoms with Crippen molar-refractivity contribution in [1.29, 1.82) is 0 Å². The topological polar surface area (TPSA) is 68.2 Å². The molecule has 0 fully saturated rings. The van der Waals surface area contributed by atoms with E-state index in [0.29, 0.717) is 26.2 Å². The van der Waals surface area contributed by atoms with Crippen LogP contribution in [0.1, 0.15) is 17.5 Å². The van der Waals surface area contributed by atoms with Gasteiger partial charge in [-0.3, -0.25) is 0 Å². The Bertz CT molecular complexity index is 703. The second kappa shape index (κ2) is 11.1. The lowest BCUT2D eigenvalue weighted by Gasteiger charge is -2.33. The largest absolute Gasteiger partial charge is 0.394 e. The van der Waals surface area contributed by atoms with Gasteiger partial charge in [-0.25, -0.2) is 0 Å². The first kappa shape index (κ1) is 20.7. The molecule has 0 saturated carbocycles. The standard InChI is InChI=1S/C23H28O5/c24-14-22-20(25)12-7-13-21(27-16-19-10-5-2-6-11-19)23(28-22)17-26-15-18-8-3-1-4-9-18/h1-12,20-25H,13-17H2/b12-7-/t20-,21+,22+,23-/m0/s1. The third-order valence-electron chi connectivity index (χ3n) is 4.73. The summed E-state index contributed by atoms with van der Waals surface area (Å²) in [6, 6.07) is 19.9. The van der Waals surface area contributed by atoms with Crippen molar-refractivity contribution in [2.45, 2.75) is 44.1 Å². The van der Waals surface area contributed by atoms with Crippen LogP contribution in [0, 0.1) is 0 Å². The summed E-state index contributed by atoms with van der Waals surface area (Å²) in [5, 5.41) is 19.7. The van der Waals surface area contributed by atoms with Gasteiger partial charge in [-0.05, 0) is 17.5 Å². The molecule has 0 aliphatic carbocycles. The van der Waals surface area contributed by atoms with E-state index in [1.165, 1.54) is 0 Å². The highest BCUT2D eigenvalue weighted by atomic mass is 16.6. The predicted octanol–water partition coefficient (Wildman–Crippen LogP) is 2.86. The van der Waals surface area contributed by atoms with Crippen LogP contribution in [0.5, 0.6) is 0 Å². The fraction of sp³-hybridized carbons (Fsp3) is 0.391. The molecule has 0 amide bonds. The van der Waals surface area contributed by atoms with Crippen molar-refractivity contribution in [2.24, 2.45) is 0 Å². The van der Waals surface area contributed by atoms with E-state index in [1.807, 2.05) is 66.7 Å². The Morgan fingerprint density at radius 1 is 0.893 bits per heavy atom. The molecule has 4 atom stereocenters. The van der Waals surface area contributed by atoms with E-state index in [9.17, 15) is 10.2 Å². The third-order valence-corrected chi connectivity index (χ3v) is 4.73. The fourth-order valence-corrected chi connectivity index (χ4v) is 3.14. The predicted molar refractivity (Wildman–Crippen MR) is 107 cm³/mol. The highest BCUT2D eigenvalue weighted by Gasteiger charge is 2.30. The molecule has 2 N–H and O–H groups in total. The Kier molecular flexibility index (Phi) is 8.21. The number of benzene rings is 2. The summed E-state index contributed by atoms with van der Waals surface area (Å²) >= 11 is 0. The molecule has 1 aliphatic rings. The SMILES string of the molecule is OC[C@H]1O[C@@H](COCc2ccccc2)[C@H](OCc2ccccc2)C/C=C\[C@@H]1O. The number of ether oxygens (including phenoxy) is 3. The van der Waals surface area contributed by atoms with Gasteiger partial charge in [-0.2, -0.15) is 0 Å². The van der Waals surface area contributed by atoms with Gasteiger partial charge in [0.1, 0.15) is 18.3 Å². The van der Waals surface area contributed by atoms with Crippen molar-refractivity contribution in [3.05, 3.63) is 83.9 Å². The maximum absolute atomic E-state index is 10.1. The highest BCUT2D eigenvalue weighted by molar-refractivity contribution is 5.14. The minimum absolute atomic E-state index is 0.242. The molecule has 1 aliphatic heterocycles. The summed E-state index contributed by atoms with van der Waals surface area (Å²) in [6.07, 6.45) is 1.94. The molecule has 0 spiro atoms. The zero-order valence-electron chi connectivity index (χ0n) is 15.9. The van der Waals surface area contributed by atoms with Crippen LogP contribution in [0.25, 0.3) is 0 Å². The Labute approximate surface area is 166 Å². The molecule has 5 nitrogen and oxygen atoms in total. The normalized spacial score (nSPS) is 26.4. The van der Waals surface area contributed by atoms with Crippen molar-refractivity contribution < 1.29 is 24.4 Å². The minimum atomic E-state index is -0.850. The van der Waals surface area contributed by atoms with Crippen LogP contribution in [0.15, 0.2) is 72.8 Å². The Hall–Kier alpha value is -2.02. The van der Waals surface area contributed by atoms with Crippen molar-refractivity contribution in [3.63, 3.8) is 0 Å². The summed E-state index contributed by atoms with van der Waals surface area (Å²) in [5.41, 5.74) is 2.16. The van der Waals surface area contributed by atoms with E-state index in [1.54, 1.807) is 6.08 Å². The highest BCUT2D eigenvalue weighted by Crippen LogP contribution is 2.20. The molecule has 2 aromatic carbocycles. The van der Waals surface area contributed by atoms with Crippen LogP contribution >= 0.6 is 0 Å². The Morgan fingerprint density at radius 3 is 2.18 bits per heavy atom. The number of aliphatic hydroxyl groups excluding tert-OH is 2. The van der Waals surface area contributed by atoms with E-state index < -0.39 is 18.3 Å². The average Bonchev–Trinajstić information content (AvgIpc) is 2.73. The monoisotopic (exact) mass is 384 g/mol. The first-order chi connectivity index (χ1) is 13.8. The number of rotatable bonds is 8. The van der Waals surface area contributed by atoms with Gasteiger partial charge in [0.05, 0.1) is 32.5 Å². The molecule has 1 heterocycles. The van der Waals surface area contributed by atoms with Gasteiger partial charge < -0.3 is 24.4 Å². The molecule has 2 aromatic rings. The first-order valence-corrected chi connectivity index (χ1v) is 9.64. The molecule has 5 heteroatoms. The van der Waals surface area contributed by atoms with Gasteiger partial charge >= 0.3 is 0 Å². The van der Waals surface area contributed by atoms with Crippen LogP contribution in [-0.2, 0) is 27.4 Å². The average molecular weight is 384 g/mol. The van der Waals surface area contributed by atoms with Crippen LogP contribution in [0.3, 0.4) is 0 Å². The number of aliphatic hydroxyl groups is 2. The smallest absolute Gasteiger partial charge is 0.111 e. The molecular formula is C23H28O5. The lowest BCUT2D eigenvalue weighted by Crippen LogP contribution is -2.44. The van der Waals surface area contributed by atoms with Crippen LogP contribution in [-0.4, -0.2) is 47.8 Å². The molecule has 3 rings (SSSR count). The molecule has 0 saturated heterocycles. The zero-order chi connectivity index (χ0) is 19.6. The number of hydrogen-bond acceptors (Lipinski definition) is 5. The lowest BCUT2D eigenvalue weighted by atomic mass is 10.1. The minimum Gasteiger partial charge on any atom is -0.394 e. The summed E-state index contributed by atoms with van der Waals surface area (Å²) in [7, 11) is 0. The molecule has 0 unspecified atom stereocenters. The van der Waals surface area contributed by atoms with E-state index in [2.05, 4.69) is 0 Å². The van der Waals surface area contributed by atoms with Gasteiger partial charge in [-0.1, -0.05) is 72.8 Å². The van der Waals surface area contributed by atoms with Crippen molar-refractivity contribution >= 4 is 0 Å². The first-order valence-electron chi connectivity index (χ1n) is 9.64. The zero-order valence-corrected chi connectivity index (χ0v) is 15.9. The van der Waals surface area contributed by atoms with Gasteiger partial charge in [-0.15, -0.1) is 0 Å². The second-order valence-electron chi connectivity index (χ2n) is 6.89. The summed E-state index contributed by atoms with van der Waals surface area (Å²) in [5.74, 6) is 0. The molecule has 0 aromatic heterocycles. The molecule has 150 valence electrons. The summed E-state index contributed by atoms with van der Waals surface area (Å²) in [4.78, 5) is 0. The molecule has 0 radical (unpaired) electrons. The second-order valence-corrected chi connectivity index (χ2v) is 6.89. The van der Waals surface area contributed by atoms with Gasteiger partial charge in [0.15, 0.2) is 0 Å². The molecular weight excluding hydrogens is 356 g/mol. The molecule has 28 heavy (non-hydrogen) atoms.